The van der Waals surface area contributed by atoms with Crippen molar-refractivity contribution in [3.63, 3.8) is 0 Å². The van der Waals surface area contributed by atoms with E-state index in [4.69, 9.17) is 4.74 Å². The van der Waals surface area contributed by atoms with E-state index in [1.807, 2.05) is 0 Å². The van der Waals surface area contributed by atoms with Gasteiger partial charge in [-0.1, -0.05) is 12.1 Å². The SMILES string of the molecule is O=C(COc1ccccc1F)NCc1nnc2n1CC(C(F)(F)F)CC2. The normalized spacial score (nSPS) is 16.8. The monoisotopic (exact) mass is 372 g/mol. The van der Waals surface area contributed by atoms with Gasteiger partial charge in [-0.2, -0.15) is 13.2 Å². The molecule has 0 aliphatic carbocycles. The molecule has 0 saturated carbocycles. The van der Waals surface area contributed by atoms with Gasteiger partial charge in [0.25, 0.3) is 5.91 Å². The lowest BCUT2D eigenvalue weighted by Crippen LogP contribution is -2.34. The molecule has 1 atom stereocenters. The number of benzene rings is 1. The highest BCUT2D eigenvalue weighted by Gasteiger charge is 2.42. The second-order valence-corrected chi connectivity index (χ2v) is 5.92. The van der Waals surface area contributed by atoms with Gasteiger partial charge in [-0.3, -0.25) is 4.79 Å². The first-order valence-corrected chi connectivity index (χ1v) is 7.96. The van der Waals surface area contributed by atoms with Gasteiger partial charge in [0, 0.05) is 13.0 Å². The van der Waals surface area contributed by atoms with E-state index in [2.05, 4.69) is 15.5 Å². The smallest absolute Gasteiger partial charge is 0.393 e. The van der Waals surface area contributed by atoms with Crippen LogP contribution in [0.3, 0.4) is 0 Å². The van der Waals surface area contributed by atoms with Crippen LogP contribution in [0.25, 0.3) is 0 Å². The van der Waals surface area contributed by atoms with Crippen molar-refractivity contribution in [1.82, 2.24) is 20.1 Å². The van der Waals surface area contributed by atoms with Crippen molar-refractivity contribution in [2.45, 2.75) is 32.1 Å². The zero-order valence-corrected chi connectivity index (χ0v) is 13.6. The molecule has 0 fully saturated rings. The summed E-state index contributed by atoms with van der Waals surface area (Å²) in [6, 6.07) is 5.64. The fourth-order valence-corrected chi connectivity index (χ4v) is 2.71. The molecular formula is C16H16F4N4O2. The molecule has 1 N–H and O–H groups in total. The number of hydrogen-bond acceptors (Lipinski definition) is 4. The third-order valence-corrected chi connectivity index (χ3v) is 4.13. The first-order chi connectivity index (χ1) is 12.3. The molecule has 0 radical (unpaired) electrons. The van der Waals surface area contributed by atoms with Crippen LogP contribution < -0.4 is 10.1 Å². The number of halogens is 4. The van der Waals surface area contributed by atoms with Crippen LogP contribution in [0.15, 0.2) is 24.3 Å². The minimum Gasteiger partial charge on any atom is -0.481 e. The summed E-state index contributed by atoms with van der Waals surface area (Å²) in [5.74, 6) is -1.94. The molecule has 2 heterocycles. The number of hydrogen-bond donors (Lipinski definition) is 1. The van der Waals surface area contributed by atoms with Crippen LogP contribution in [0.4, 0.5) is 17.6 Å². The number of para-hydroxylation sites is 1. The van der Waals surface area contributed by atoms with Crippen molar-refractivity contribution < 1.29 is 27.1 Å². The van der Waals surface area contributed by atoms with E-state index in [0.717, 1.165) is 0 Å². The number of nitrogens with zero attached hydrogens (tertiary/aromatic N) is 3. The van der Waals surface area contributed by atoms with Gasteiger partial charge in [0.05, 0.1) is 12.5 Å². The molecule has 0 spiro atoms. The molecule has 3 rings (SSSR count). The number of carbonyl (C=O) groups excluding carboxylic acids is 1. The Labute approximate surface area is 146 Å². The predicted octanol–water partition coefficient (Wildman–Crippen LogP) is 2.24. The van der Waals surface area contributed by atoms with E-state index < -0.39 is 30.4 Å². The van der Waals surface area contributed by atoms with Crippen LogP contribution in [-0.4, -0.2) is 33.5 Å². The van der Waals surface area contributed by atoms with Crippen molar-refractivity contribution in [3.05, 3.63) is 41.7 Å². The number of fused-ring (bicyclic) bond motifs is 1. The molecule has 2 aromatic rings. The average molecular weight is 372 g/mol. The second kappa shape index (κ2) is 7.30. The van der Waals surface area contributed by atoms with Gasteiger partial charge in [0.15, 0.2) is 24.0 Å². The third kappa shape index (κ3) is 4.12. The number of carbonyl (C=O) groups is 1. The van der Waals surface area contributed by atoms with Gasteiger partial charge >= 0.3 is 6.18 Å². The molecule has 0 bridgehead atoms. The van der Waals surface area contributed by atoms with Gasteiger partial charge in [-0.15, -0.1) is 10.2 Å². The molecule has 1 aromatic heterocycles. The third-order valence-electron chi connectivity index (χ3n) is 4.13. The van der Waals surface area contributed by atoms with Gasteiger partial charge in [0.1, 0.15) is 5.82 Å². The molecule has 1 unspecified atom stereocenters. The second-order valence-electron chi connectivity index (χ2n) is 5.92. The highest BCUT2D eigenvalue weighted by molar-refractivity contribution is 5.77. The maximum Gasteiger partial charge on any atom is 0.393 e. The molecule has 1 aromatic carbocycles. The number of rotatable bonds is 5. The van der Waals surface area contributed by atoms with Gasteiger partial charge in [-0.05, 0) is 18.6 Å². The Morgan fingerprint density at radius 2 is 2.08 bits per heavy atom. The summed E-state index contributed by atoms with van der Waals surface area (Å²) < 4.78 is 58.6. The fraction of sp³-hybridized carbons (Fsp3) is 0.438. The van der Waals surface area contributed by atoms with E-state index in [1.165, 1.54) is 22.8 Å². The Balaban J connectivity index is 1.55. The summed E-state index contributed by atoms with van der Waals surface area (Å²) in [7, 11) is 0. The zero-order valence-electron chi connectivity index (χ0n) is 13.6. The Morgan fingerprint density at radius 1 is 1.31 bits per heavy atom. The number of alkyl halides is 3. The topological polar surface area (TPSA) is 69.0 Å². The highest BCUT2D eigenvalue weighted by Crippen LogP contribution is 2.34. The van der Waals surface area contributed by atoms with E-state index in [9.17, 15) is 22.4 Å². The summed E-state index contributed by atoms with van der Waals surface area (Å²) in [6.45, 7) is -0.771. The van der Waals surface area contributed by atoms with E-state index in [0.29, 0.717) is 5.82 Å². The van der Waals surface area contributed by atoms with Crippen LogP contribution in [0.2, 0.25) is 0 Å². The van der Waals surface area contributed by atoms with Crippen LogP contribution in [0.1, 0.15) is 18.1 Å². The minimum atomic E-state index is -4.28. The summed E-state index contributed by atoms with van der Waals surface area (Å²) in [5, 5.41) is 10.2. The average Bonchev–Trinajstić information content (AvgIpc) is 3.01. The van der Waals surface area contributed by atoms with Crippen LogP contribution in [0, 0.1) is 11.7 Å². The molecule has 0 saturated heterocycles. The number of nitrogens with one attached hydrogen (secondary N) is 1. The first-order valence-electron chi connectivity index (χ1n) is 7.96. The van der Waals surface area contributed by atoms with E-state index >= 15 is 0 Å². The summed E-state index contributed by atoms with van der Waals surface area (Å²) in [4.78, 5) is 11.8. The van der Waals surface area contributed by atoms with Gasteiger partial charge < -0.3 is 14.6 Å². The van der Waals surface area contributed by atoms with Gasteiger partial charge in [-0.25, -0.2) is 4.39 Å². The standard InChI is InChI=1S/C16H16F4N4O2/c17-11-3-1-2-4-12(11)26-9-15(25)21-7-14-23-22-13-6-5-10(8-24(13)14)16(18,19)20/h1-4,10H,5-9H2,(H,21,25). The largest absolute Gasteiger partial charge is 0.481 e. The first kappa shape index (κ1) is 18.2. The molecule has 140 valence electrons. The van der Waals surface area contributed by atoms with Crippen molar-refractivity contribution in [1.29, 1.82) is 0 Å². The van der Waals surface area contributed by atoms with Crippen LogP contribution in [0.5, 0.6) is 5.75 Å². The number of ether oxygens (including phenoxy) is 1. The molecule has 26 heavy (non-hydrogen) atoms. The predicted molar refractivity (Wildman–Crippen MR) is 81.6 cm³/mol. The van der Waals surface area contributed by atoms with Crippen molar-refractivity contribution in [2.75, 3.05) is 6.61 Å². The number of amides is 1. The molecular weight excluding hydrogens is 356 g/mol. The van der Waals surface area contributed by atoms with Gasteiger partial charge in [0.2, 0.25) is 0 Å². The summed E-state index contributed by atoms with van der Waals surface area (Å²) in [5.41, 5.74) is 0. The summed E-state index contributed by atoms with van der Waals surface area (Å²) in [6.07, 6.45) is -4.12. The molecule has 1 amide bonds. The molecule has 1 aliphatic heterocycles. The van der Waals surface area contributed by atoms with Crippen LogP contribution in [-0.2, 0) is 24.3 Å². The van der Waals surface area contributed by atoms with E-state index in [-0.39, 0.29) is 37.5 Å². The maximum absolute atomic E-state index is 13.4. The van der Waals surface area contributed by atoms with E-state index in [1.54, 1.807) is 6.07 Å². The Kier molecular flexibility index (Phi) is 5.10. The Morgan fingerprint density at radius 3 is 2.81 bits per heavy atom. The Hall–Kier alpha value is -2.65. The lowest BCUT2D eigenvalue weighted by molar-refractivity contribution is -0.182. The molecule has 10 heteroatoms. The highest BCUT2D eigenvalue weighted by atomic mass is 19.4. The number of aromatic nitrogens is 3. The molecule has 6 nitrogen and oxygen atoms in total. The van der Waals surface area contributed by atoms with Crippen molar-refractivity contribution in [2.24, 2.45) is 5.92 Å². The zero-order chi connectivity index (χ0) is 18.7. The summed E-state index contributed by atoms with van der Waals surface area (Å²) >= 11 is 0. The lowest BCUT2D eigenvalue weighted by Gasteiger charge is -2.26. The van der Waals surface area contributed by atoms with Crippen molar-refractivity contribution >= 4 is 5.91 Å². The Bertz CT molecular complexity index is 791. The van der Waals surface area contributed by atoms with Crippen LogP contribution >= 0.6 is 0 Å². The molecule has 1 aliphatic rings. The quantitative estimate of drug-likeness (QED) is 0.818. The number of aryl methyl sites for hydroxylation is 1. The maximum atomic E-state index is 13.4. The fourth-order valence-electron chi connectivity index (χ4n) is 2.71. The lowest BCUT2D eigenvalue weighted by atomic mass is 9.99. The van der Waals surface area contributed by atoms with Crippen molar-refractivity contribution in [3.8, 4) is 5.75 Å². The minimum absolute atomic E-state index is 0.0233.